The number of nitrogen functional groups attached to an aromatic ring is 1. The number of amidine groups is 1. The molecule has 0 fully saturated rings. The van der Waals surface area contributed by atoms with Gasteiger partial charge in [-0.3, -0.25) is 10.2 Å². The first kappa shape index (κ1) is 13.6. The number of carbonyl (C=O) groups is 1. The maximum absolute atomic E-state index is 12.1. The van der Waals surface area contributed by atoms with Crippen LogP contribution >= 0.6 is 0 Å². The quantitative estimate of drug-likeness (QED) is 0.484. The Morgan fingerprint density at radius 3 is 2.84 bits per heavy atom. The van der Waals surface area contributed by atoms with Gasteiger partial charge in [-0.15, -0.1) is 0 Å². The molecule has 0 aliphatic carbocycles. The smallest absolute Gasteiger partial charge is 0.227 e. The summed E-state index contributed by atoms with van der Waals surface area (Å²) in [6.07, 6.45) is 4.66. The van der Waals surface area contributed by atoms with Crippen LogP contribution in [0.2, 0.25) is 0 Å². The number of rotatable bonds is 5. The molecule has 0 aromatic heterocycles. The maximum atomic E-state index is 12.1. The van der Waals surface area contributed by atoms with Crippen molar-refractivity contribution in [2.24, 2.45) is 5.73 Å². The van der Waals surface area contributed by atoms with E-state index in [9.17, 15) is 4.79 Å². The fraction of sp³-hybridized carbons (Fsp3) is 0.467. The van der Waals surface area contributed by atoms with Crippen LogP contribution in [0.4, 0.5) is 5.69 Å². The summed E-state index contributed by atoms with van der Waals surface area (Å²) < 4.78 is 0. The number of hydrogen-bond acceptors (Lipinski definition) is 2. The summed E-state index contributed by atoms with van der Waals surface area (Å²) in [5.74, 6) is 0.235. The number of nitrogens with two attached hydrogens (primary N) is 1. The molecule has 102 valence electrons. The molecule has 0 atom stereocenters. The number of anilines is 1. The van der Waals surface area contributed by atoms with E-state index in [1.165, 1.54) is 5.56 Å². The first-order valence-electron chi connectivity index (χ1n) is 6.91. The van der Waals surface area contributed by atoms with Crippen molar-refractivity contribution in [1.82, 2.24) is 0 Å². The predicted molar refractivity (Wildman–Crippen MR) is 77.7 cm³/mol. The molecule has 1 aromatic rings. The molecule has 0 bridgehead atoms. The fourth-order valence-electron chi connectivity index (χ4n) is 2.47. The van der Waals surface area contributed by atoms with Crippen LogP contribution < -0.4 is 10.6 Å². The van der Waals surface area contributed by atoms with Crippen molar-refractivity contribution in [2.45, 2.75) is 39.0 Å². The number of aryl methyl sites for hydroxylation is 1. The summed E-state index contributed by atoms with van der Waals surface area (Å²) in [6.45, 7) is 2.92. The molecule has 0 saturated heterocycles. The predicted octanol–water partition coefficient (Wildman–Crippen LogP) is 2.44. The van der Waals surface area contributed by atoms with Gasteiger partial charge in [0.25, 0.3) is 0 Å². The third kappa shape index (κ3) is 2.95. The lowest BCUT2D eigenvalue weighted by Crippen LogP contribution is -2.36. The third-order valence-corrected chi connectivity index (χ3v) is 3.58. The van der Waals surface area contributed by atoms with Gasteiger partial charge in [0.2, 0.25) is 5.91 Å². The van der Waals surface area contributed by atoms with Crippen LogP contribution in [-0.4, -0.2) is 18.3 Å². The molecule has 4 heteroatoms. The second-order valence-corrected chi connectivity index (χ2v) is 5.01. The molecule has 0 spiro atoms. The molecule has 1 heterocycles. The van der Waals surface area contributed by atoms with E-state index in [-0.39, 0.29) is 11.7 Å². The van der Waals surface area contributed by atoms with Gasteiger partial charge in [-0.25, -0.2) is 0 Å². The van der Waals surface area contributed by atoms with E-state index in [4.69, 9.17) is 11.1 Å². The average molecular weight is 259 g/mol. The standard InChI is InChI=1S/C15H21N3O/c1-2-3-4-9-18-13-10-12(15(16)17)6-5-11(13)7-8-14(18)19/h5-6,10H,2-4,7-9H2,1H3,(H3,16,17). The maximum Gasteiger partial charge on any atom is 0.227 e. The Morgan fingerprint density at radius 2 is 2.16 bits per heavy atom. The largest absolute Gasteiger partial charge is 0.384 e. The SMILES string of the molecule is CCCCCN1C(=O)CCc2ccc(C(=N)N)cc21. The summed E-state index contributed by atoms with van der Waals surface area (Å²) in [6, 6.07) is 5.73. The van der Waals surface area contributed by atoms with Gasteiger partial charge in [-0.2, -0.15) is 0 Å². The number of fused-ring (bicyclic) bond motifs is 1. The van der Waals surface area contributed by atoms with E-state index in [1.807, 2.05) is 23.1 Å². The summed E-state index contributed by atoms with van der Waals surface area (Å²) in [4.78, 5) is 13.9. The van der Waals surface area contributed by atoms with Crippen molar-refractivity contribution in [3.63, 3.8) is 0 Å². The van der Waals surface area contributed by atoms with E-state index < -0.39 is 0 Å². The van der Waals surface area contributed by atoms with Crippen molar-refractivity contribution < 1.29 is 4.79 Å². The molecule has 1 aliphatic heterocycles. The molecule has 1 amide bonds. The van der Waals surface area contributed by atoms with Gasteiger partial charge in [0.05, 0.1) is 0 Å². The Bertz CT molecular complexity index is 496. The molecule has 2 rings (SSSR count). The zero-order chi connectivity index (χ0) is 13.8. The van der Waals surface area contributed by atoms with Crippen LogP contribution in [0.25, 0.3) is 0 Å². The Balaban J connectivity index is 2.27. The van der Waals surface area contributed by atoms with Crippen LogP contribution in [0.15, 0.2) is 18.2 Å². The zero-order valence-corrected chi connectivity index (χ0v) is 11.4. The minimum atomic E-state index is 0.0503. The molecule has 0 radical (unpaired) electrons. The molecule has 4 nitrogen and oxygen atoms in total. The van der Waals surface area contributed by atoms with Crippen molar-refractivity contribution in [1.29, 1.82) is 5.41 Å². The van der Waals surface area contributed by atoms with Crippen LogP contribution in [0, 0.1) is 5.41 Å². The van der Waals surface area contributed by atoms with Crippen LogP contribution in [0.5, 0.6) is 0 Å². The summed E-state index contributed by atoms with van der Waals surface area (Å²) in [7, 11) is 0. The Morgan fingerprint density at radius 1 is 1.37 bits per heavy atom. The normalized spacial score (nSPS) is 14.4. The highest BCUT2D eigenvalue weighted by molar-refractivity contribution is 6.00. The molecule has 1 aliphatic rings. The molecule has 1 aromatic carbocycles. The van der Waals surface area contributed by atoms with Crippen molar-refractivity contribution in [3.8, 4) is 0 Å². The van der Waals surface area contributed by atoms with Crippen LogP contribution in [-0.2, 0) is 11.2 Å². The van der Waals surface area contributed by atoms with Crippen molar-refractivity contribution in [2.75, 3.05) is 11.4 Å². The highest BCUT2D eigenvalue weighted by Gasteiger charge is 2.24. The van der Waals surface area contributed by atoms with Crippen molar-refractivity contribution >= 4 is 17.4 Å². The lowest BCUT2D eigenvalue weighted by Gasteiger charge is -2.30. The van der Waals surface area contributed by atoms with E-state index in [1.54, 1.807) is 0 Å². The van der Waals surface area contributed by atoms with E-state index in [0.717, 1.165) is 37.9 Å². The topological polar surface area (TPSA) is 70.2 Å². The molecule has 0 unspecified atom stereocenters. The number of unbranched alkanes of at least 4 members (excludes halogenated alkanes) is 2. The van der Waals surface area contributed by atoms with Crippen molar-refractivity contribution in [3.05, 3.63) is 29.3 Å². The molecular formula is C15H21N3O. The highest BCUT2D eigenvalue weighted by atomic mass is 16.2. The van der Waals surface area contributed by atoms with E-state index in [0.29, 0.717) is 12.0 Å². The number of carbonyl (C=O) groups excluding carboxylic acids is 1. The Hall–Kier alpha value is -1.84. The molecule has 19 heavy (non-hydrogen) atoms. The second kappa shape index (κ2) is 5.87. The van der Waals surface area contributed by atoms with Crippen LogP contribution in [0.1, 0.15) is 43.7 Å². The number of hydrogen-bond donors (Lipinski definition) is 2. The number of benzene rings is 1. The number of nitrogens with one attached hydrogen (secondary N) is 1. The fourth-order valence-corrected chi connectivity index (χ4v) is 2.47. The lowest BCUT2D eigenvalue weighted by atomic mass is 9.98. The highest BCUT2D eigenvalue weighted by Crippen LogP contribution is 2.29. The number of amides is 1. The van der Waals surface area contributed by atoms with Gasteiger partial charge in [0.1, 0.15) is 5.84 Å². The Kier molecular flexibility index (Phi) is 4.20. The average Bonchev–Trinajstić information content (AvgIpc) is 2.40. The van der Waals surface area contributed by atoms with Gasteiger partial charge in [-0.1, -0.05) is 31.9 Å². The molecule has 0 saturated carbocycles. The van der Waals surface area contributed by atoms with Gasteiger partial charge in [0.15, 0.2) is 0 Å². The Labute approximate surface area is 114 Å². The van der Waals surface area contributed by atoms with Gasteiger partial charge in [0, 0.05) is 24.2 Å². The zero-order valence-electron chi connectivity index (χ0n) is 11.4. The van der Waals surface area contributed by atoms with Crippen LogP contribution in [0.3, 0.4) is 0 Å². The summed E-state index contributed by atoms with van der Waals surface area (Å²) in [5, 5.41) is 7.51. The minimum absolute atomic E-state index is 0.0503. The van der Waals surface area contributed by atoms with Gasteiger partial charge >= 0.3 is 0 Å². The summed E-state index contributed by atoms with van der Waals surface area (Å²) >= 11 is 0. The lowest BCUT2D eigenvalue weighted by molar-refractivity contribution is -0.118. The van der Waals surface area contributed by atoms with Gasteiger partial charge in [-0.05, 0) is 24.5 Å². The molecule has 3 N–H and O–H groups in total. The first-order valence-corrected chi connectivity index (χ1v) is 6.91. The monoisotopic (exact) mass is 259 g/mol. The van der Waals surface area contributed by atoms with E-state index >= 15 is 0 Å². The number of nitrogens with zero attached hydrogens (tertiary/aromatic N) is 1. The third-order valence-electron chi connectivity index (χ3n) is 3.58. The minimum Gasteiger partial charge on any atom is -0.384 e. The second-order valence-electron chi connectivity index (χ2n) is 5.01. The van der Waals surface area contributed by atoms with Gasteiger partial charge < -0.3 is 10.6 Å². The summed E-state index contributed by atoms with van der Waals surface area (Å²) in [5.41, 5.74) is 8.34. The molecular weight excluding hydrogens is 238 g/mol. The van der Waals surface area contributed by atoms with E-state index in [2.05, 4.69) is 6.92 Å². The first-order chi connectivity index (χ1) is 9.13.